The predicted molar refractivity (Wildman–Crippen MR) is 118 cm³/mol. The number of halogens is 1. The standard InChI is InChI=1S/C22H18FN5O3S/c23-14-2-5-16(6-3-14)28-21-17(11-26-28)22(25-13-24-21)32-12-20(29)27-15-4-7-18-19(10-15)31-9-1-8-30-18/h2-7,10-11,13H,1,8-9,12H2,(H,27,29). The van der Waals surface area contributed by atoms with Gasteiger partial charge in [-0.15, -0.1) is 0 Å². The number of amides is 1. The summed E-state index contributed by atoms with van der Waals surface area (Å²) in [6.45, 7) is 1.19. The number of hydrogen-bond donors (Lipinski definition) is 1. The Morgan fingerprint density at radius 3 is 2.75 bits per heavy atom. The highest BCUT2D eigenvalue weighted by atomic mass is 32.2. The van der Waals surface area contributed by atoms with E-state index in [4.69, 9.17) is 9.47 Å². The minimum absolute atomic E-state index is 0.155. The fraction of sp³-hybridized carbons (Fsp3) is 0.182. The molecule has 162 valence electrons. The summed E-state index contributed by atoms with van der Waals surface area (Å²) in [5.74, 6) is 0.954. The Labute approximate surface area is 186 Å². The summed E-state index contributed by atoms with van der Waals surface area (Å²) in [6.07, 6.45) is 3.88. The molecule has 0 atom stereocenters. The number of ether oxygens (including phenoxy) is 2. The van der Waals surface area contributed by atoms with Crippen LogP contribution in [0, 0.1) is 5.82 Å². The maximum absolute atomic E-state index is 13.2. The minimum Gasteiger partial charge on any atom is -0.490 e. The number of anilines is 1. The van der Waals surface area contributed by atoms with E-state index in [2.05, 4.69) is 20.4 Å². The Balaban J connectivity index is 1.28. The number of thioether (sulfide) groups is 1. The van der Waals surface area contributed by atoms with Gasteiger partial charge in [0.2, 0.25) is 5.91 Å². The molecular weight excluding hydrogens is 433 g/mol. The normalized spacial score (nSPS) is 13.0. The summed E-state index contributed by atoms with van der Waals surface area (Å²) in [5, 5.41) is 8.57. The maximum Gasteiger partial charge on any atom is 0.234 e. The molecule has 1 N–H and O–H groups in total. The van der Waals surface area contributed by atoms with E-state index >= 15 is 0 Å². The highest BCUT2D eigenvalue weighted by Gasteiger charge is 2.15. The van der Waals surface area contributed by atoms with E-state index in [1.807, 2.05) is 0 Å². The average Bonchev–Trinajstić information content (AvgIpc) is 3.10. The highest BCUT2D eigenvalue weighted by molar-refractivity contribution is 8.00. The predicted octanol–water partition coefficient (Wildman–Crippen LogP) is 3.85. The van der Waals surface area contributed by atoms with Crippen LogP contribution in [0.2, 0.25) is 0 Å². The summed E-state index contributed by atoms with van der Waals surface area (Å²) in [4.78, 5) is 21.1. The van der Waals surface area contributed by atoms with Crippen LogP contribution in [0.4, 0.5) is 10.1 Å². The zero-order valence-electron chi connectivity index (χ0n) is 16.8. The Kier molecular flexibility index (Phi) is 5.59. The minimum atomic E-state index is -0.323. The molecule has 4 aromatic rings. The van der Waals surface area contributed by atoms with Gasteiger partial charge in [0.25, 0.3) is 0 Å². The monoisotopic (exact) mass is 451 g/mol. The quantitative estimate of drug-likeness (QED) is 0.364. The van der Waals surface area contributed by atoms with Crippen molar-refractivity contribution in [3.63, 3.8) is 0 Å². The third-order valence-electron chi connectivity index (χ3n) is 4.77. The van der Waals surface area contributed by atoms with Gasteiger partial charge in [0, 0.05) is 18.2 Å². The molecule has 0 fully saturated rings. The molecule has 3 heterocycles. The fourth-order valence-corrected chi connectivity index (χ4v) is 4.04. The lowest BCUT2D eigenvalue weighted by molar-refractivity contribution is -0.113. The number of carbonyl (C=O) groups is 1. The van der Waals surface area contributed by atoms with Gasteiger partial charge in [-0.1, -0.05) is 11.8 Å². The van der Waals surface area contributed by atoms with Gasteiger partial charge in [-0.05, 0) is 36.4 Å². The first kappa shape index (κ1) is 20.3. The lowest BCUT2D eigenvalue weighted by atomic mass is 10.2. The lowest BCUT2D eigenvalue weighted by Gasteiger charge is -2.10. The number of nitrogens with one attached hydrogen (secondary N) is 1. The van der Waals surface area contributed by atoms with E-state index in [-0.39, 0.29) is 17.5 Å². The smallest absolute Gasteiger partial charge is 0.234 e. The molecule has 0 saturated heterocycles. The molecule has 32 heavy (non-hydrogen) atoms. The second-order valence-corrected chi connectivity index (χ2v) is 7.96. The van der Waals surface area contributed by atoms with Crippen LogP contribution in [0.25, 0.3) is 16.7 Å². The number of rotatable bonds is 5. The molecule has 0 saturated carbocycles. The topological polar surface area (TPSA) is 91.2 Å². The van der Waals surface area contributed by atoms with Crippen LogP contribution < -0.4 is 14.8 Å². The van der Waals surface area contributed by atoms with E-state index in [0.29, 0.717) is 52.1 Å². The van der Waals surface area contributed by atoms with Crippen molar-refractivity contribution in [3.8, 4) is 17.2 Å². The van der Waals surface area contributed by atoms with Gasteiger partial charge in [0.1, 0.15) is 17.2 Å². The molecular formula is C22H18FN5O3S. The van der Waals surface area contributed by atoms with E-state index in [0.717, 1.165) is 6.42 Å². The maximum atomic E-state index is 13.2. The Morgan fingerprint density at radius 1 is 1.09 bits per heavy atom. The average molecular weight is 451 g/mol. The van der Waals surface area contributed by atoms with Crippen molar-refractivity contribution in [3.05, 3.63) is 60.8 Å². The molecule has 8 nitrogen and oxygen atoms in total. The van der Waals surface area contributed by atoms with Crippen molar-refractivity contribution in [2.24, 2.45) is 0 Å². The molecule has 0 bridgehead atoms. The molecule has 0 aliphatic carbocycles. The molecule has 1 amide bonds. The second kappa shape index (κ2) is 8.83. The van der Waals surface area contributed by atoms with Crippen molar-refractivity contribution in [1.29, 1.82) is 0 Å². The molecule has 2 aromatic heterocycles. The van der Waals surface area contributed by atoms with Crippen LogP contribution in [0.15, 0.2) is 60.0 Å². The van der Waals surface area contributed by atoms with E-state index in [9.17, 15) is 9.18 Å². The van der Waals surface area contributed by atoms with Crippen molar-refractivity contribution in [2.45, 2.75) is 11.4 Å². The van der Waals surface area contributed by atoms with E-state index < -0.39 is 0 Å². The van der Waals surface area contributed by atoms with Gasteiger partial charge in [0.05, 0.1) is 36.2 Å². The van der Waals surface area contributed by atoms with Gasteiger partial charge >= 0.3 is 0 Å². The van der Waals surface area contributed by atoms with Gasteiger partial charge in [-0.25, -0.2) is 19.0 Å². The molecule has 0 spiro atoms. The Bertz CT molecular complexity index is 1280. The van der Waals surface area contributed by atoms with E-state index in [1.54, 1.807) is 41.2 Å². The number of aromatic nitrogens is 4. The van der Waals surface area contributed by atoms with Crippen molar-refractivity contribution in [1.82, 2.24) is 19.7 Å². The first-order valence-electron chi connectivity index (χ1n) is 9.94. The number of carbonyl (C=O) groups excluding carboxylic acids is 1. The van der Waals surface area contributed by atoms with Crippen LogP contribution in [0.3, 0.4) is 0 Å². The number of benzene rings is 2. The molecule has 0 radical (unpaired) electrons. The number of fused-ring (bicyclic) bond motifs is 2. The summed E-state index contributed by atoms with van der Waals surface area (Å²) >= 11 is 1.29. The first-order chi connectivity index (χ1) is 15.7. The van der Waals surface area contributed by atoms with Crippen molar-refractivity contribution in [2.75, 3.05) is 24.3 Å². The van der Waals surface area contributed by atoms with Gasteiger partial charge < -0.3 is 14.8 Å². The Morgan fingerprint density at radius 2 is 1.91 bits per heavy atom. The molecule has 0 unspecified atom stereocenters. The summed E-state index contributed by atoms with van der Waals surface area (Å²) < 4.78 is 26.1. The zero-order valence-corrected chi connectivity index (χ0v) is 17.6. The summed E-state index contributed by atoms with van der Waals surface area (Å²) in [6, 6.07) is 11.3. The number of hydrogen-bond acceptors (Lipinski definition) is 7. The highest BCUT2D eigenvalue weighted by Crippen LogP contribution is 2.32. The van der Waals surface area contributed by atoms with Crippen molar-refractivity contribution < 1.29 is 18.7 Å². The molecule has 2 aromatic carbocycles. The van der Waals surface area contributed by atoms with Crippen LogP contribution in [0.1, 0.15) is 6.42 Å². The number of nitrogens with zero attached hydrogens (tertiary/aromatic N) is 4. The largest absolute Gasteiger partial charge is 0.490 e. The van der Waals surface area contributed by atoms with Crippen LogP contribution in [0.5, 0.6) is 11.5 Å². The molecule has 5 rings (SSSR count). The van der Waals surface area contributed by atoms with E-state index in [1.165, 1.54) is 30.2 Å². The summed E-state index contributed by atoms with van der Waals surface area (Å²) in [5.41, 5.74) is 1.90. The molecule has 1 aliphatic rings. The van der Waals surface area contributed by atoms with Crippen LogP contribution >= 0.6 is 11.8 Å². The molecule has 1 aliphatic heterocycles. The fourth-order valence-electron chi connectivity index (χ4n) is 3.28. The lowest BCUT2D eigenvalue weighted by Crippen LogP contribution is -2.14. The van der Waals surface area contributed by atoms with Gasteiger partial charge in [-0.3, -0.25) is 4.79 Å². The third kappa shape index (κ3) is 4.22. The van der Waals surface area contributed by atoms with Crippen LogP contribution in [-0.4, -0.2) is 44.6 Å². The zero-order chi connectivity index (χ0) is 21.9. The van der Waals surface area contributed by atoms with Crippen molar-refractivity contribution >= 4 is 34.4 Å². The van der Waals surface area contributed by atoms with Crippen LogP contribution in [-0.2, 0) is 4.79 Å². The van der Waals surface area contributed by atoms with Gasteiger partial charge in [0.15, 0.2) is 17.1 Å². The first-order valence-corrected chi connectivity index (χ1v) is 10.9. The van der Waals surface area contributed by atoms with Gasteiger partial charge in [-0.2, -0.15) is 5.10 Å². The second-order valence-electron chi connectivity index (χ2n) is 7.00. The molecule has 10 heteroatoms. The Hall–Kier alpha value is -3.66. The summed E-state index contributed by atoms with van der Waals surface area (Å²) in [7, 11) is 0. The SMILES string of the molecule is O=C(CSc1ncnc2c1cnn2-c1ccc(F)cc1)Nc1ccc2c(c1)OCCCO2. The third-order valence-corrected chi connectivity index (χ3v) is 5.78.